The van der Waals surface area contributed by atoms with Crippen molar-refractivity contribution in [2.75, 3.05) is 38.1 Å². The van der Waals surface area contributed by atoms with Gasteiger partial charge < -0.3 is 26.0 Å². The molecule has 7 nitrogen and oxygen atoms in total. The lowest BCUT2D eigenvalue weighted by atomic mass is 10.1. The van der Waals surface area contributed by atoms with Crippen LogP contribution in [0, 0.1) is 0 Å². The van der Waals surface area contributed by atoms with E-state index in [9.17, 15) is 4.79 Å². The van der Waals surface area contributed by atoms with Gasteiger partial charge in [-0.15, -0.1) is 0 Å². The zero-order valence-electron chi connectivity index (χ0n) is 18.7. The maximum Gasteiger partial charge on any atom is 0.146 e. The quantitative estimate of drug-likeness (QED) is 0.416. The second-order valence-corrected chi connectivity index (χ2v) is 8.35. The Morgan fingerprint density at radius 3 is 3.00 bits per heavy atom. The number of fused-ring (bicyclic) bond motifs is 1. The predicted molar refractivity (Wildman–Crippen MR) is 125 cm³/mol. The van der Waals surface area contributed by atoms with Gasteiger partial charge in [-0.05, 0) is 82.0 Å². The van der Waals surface area contributed by atoms with Gasteiger partial charge in [0.25, 0.3) is 0 Å². The Hall–Kier alpha value is -2.22. The first-order valence-corrected chi connectivity index (χ1v) is 11.5. The van der Waals surface area contributed by atoms with Crippen molar-refractivity contribution < 1.29 is 9.53 Å². The number of allylic oxidation sites excluding steroid dienone is 2. The van der Waals surface area contributed by atoms with E-state index in [0.29, 0.717) is 13.0 Å². The number of nitrogens with two attached hydrogens (primary N) is 1. The van der Waals surface area contributed by atoms with E-state index in [0.717, 1.165) is 63.4 Å². The second-order valence-electron chi connectivity index (χ2n) is 8.35. The lowest BCUT2D eigenvalue weighted by Crippen LogP contribution is -2.37. The van der Waals surface area contributed by atoms with E-state index >= 15 is 0 Å². The maximum absolute atomic E-state index is 11.5. The number of ether oxygens (including phenoxy) is 1. The number of nitrogens with one attached hydrogen (secondary N) is 2. The van der Waals surface area contributed by atoms with Crippen LogP contribution in [0.3, 0.4) is 0 Å². The minimum absolute atomic E-state index is 0.0478. The molecule has 0 aliphatic carbocycles. The molecule has 2 aliphatic rings. The second kappa shape index (κ2) is 12.6. The lowest BCUT2D eigenvalue weighted by molar-refractivity contribution is -0.118. The molecule has 0 amide bonds. The fourth-order valence-corrected chi connectivity index (χ4v) is 3.85. The van der Waals surface area contributed by atoms with Crippen LogP contribution in [-0.4, -0.2) is 60.7 Å². The van der Waals surface area contributed by atoms with Gasteiger partial charge in [0.05, 0.1) is 12.6 Å². The Labute approximate surface area is 186 Å². The van der Waals surface area contributed by atoms with Crippen molar-refractivity contribution in [3.8, 4) is 0 Å². The van der Waals surface area contributed by atoms with Crippen LogP contribution < -0.4 is 16.4 Å². The molecule has 7 heteroatoms. The summed E-state index contributed by atoms with van der Waals surface area (Å²) in [5.41, 5.74) is 8.44. The molecule has 4 N–H and O–H groups in total. The number of dihydropyridines is 1. The van der Waals surface area contributed by atoms with E-state index < -0.39 is 0 Å². The van der Waals surface area contributed by atoms with Gasteiger partial charge in [-0.25, -0.2) is 4.98 Å². The molecule has 1 aromatic heterocycles. The molecule has 2 atom stereocenters. The van der Waals surface area contributed by atoms with Gasteiger partial charge in [-0.3, -0.25) is 4.79 Å². The largest absolute Gasteiger partial charge is 0.370 e. The molecule has 0 radical (unpaired) electrons. The van der Waals surface area contributed by atoms with Crippen LogP contribution in [0.15, 0.2) is 36.6 Å². The number of nitrogens with zero attached hydrogens (tertiary/aromatic N) is 2. The molecule has 1 aromatic rings. The van der Waals surface area contributed by atoms with Crippen LogP contribution in [0.25, 0.3) is 0 Å². The average molecular weight is 428 g/mol. The minimum Gasteiger partial charge on any atom is -0.370 e. The number of hydrogen-bond acceptors (Lipinski definition) is 7. The minimum atomic E-state index is -0.385. The van der Waals surface area contributed by atoms with Crippen LogP contribution in [0.1, 0.15) is 43.9 Å². The van der Waals surface area contributed by atoms with Gasteiger partial charge in [0.1, 0.15) is 17.8 Å². The van der Waals surface area contributed by atoms with Crippen LogP contribution in [-0.2, 0) is 22.4 Å². The van der Waals surface area contributed by atoms with Gasteiger partial charge in [0.2, 0.25) is 0 Å². The molecule has 0 saturated carbocycles. The Morgan fingerprint density at radius 2 is 2.19 bits per heavy atom. The zero-order chi connectivity index (χ0) is 21.9. The highest BCUT2D eigenvalue weighted by Crippen LogP contribution is 2.20. The van der Waals surface area contributed by atoms with Gasteiger partial charge in [0, 0.05) is 25.3 Å². The van der Waals surface area contributed by atoms with Gasteiger partial charge in [0.15, 0.2) is 0 Å². The highest BCUT2D eigenvalue weighted by atomic mass is 16.5. The molecular weight excluding hydrogens is 390 g/mol. The number of aromatic nitrogens is 1. The van der Waals surface area contributed by atoms with E-state index in [1.165, 1.54) is 12.0 Å². The summed E-state index contributed by atoms with van der Waals surface area (Å²) >= 11 is 0. The van der Waals surface area contributed by atoms with Crippen molar-refractivity contribution in [2.24, 2.45) is 5.73 Å². The number of carbonyl (C=O) groups excluding carboxylic acids is 1. The molecular formula is C24H37N5O2. The Morgan fingerprint density at radius 1 is 1.29 bits per heavy atom. The number of hydrogen-bond donors (Lipinski definition) is 3. The Bertz CT molecular complexity index is 764. The Kier molecular flexibility index (Phi) is 9.52. The van der Waals surface area contributed by atoms with Crippen molar-refractivity contribution in [3.63, 3.8) is 0 Å². The van der Waals surface area contributed by atoms with E-state index in [4.69, 9.17) is 15.5 Å². The summed E-state index contributed by atoms with van der Waals surface area (Å²) in [6, 6.07) is 4.01. The normalized spacial score (nSPS) is 18.4. The van der Waals surface area contributed by atoms with E-state index in [2.05, 4.69) is 27.7 Å². The average Bonchev–Trinajstić information content (AvgIpc) is 2.80. The number of pyridine rings is 1. The zero-order valence-corrected chi connectivity index (χ0v) is 18.7. The summed E-state index contributed by atoms with van der Waals surface area (Å²) in [7, 11) is 0. The van der Waals surface area contributed by atoms with Crippen LogP contribution in [0.2, 0.25) is 0 Å². The molecule has 1 unspecified atom stereocenters. The fourth-order valence-electron chi connectivity index (χ4n) is 3.85. The van der Waals surface area contributed by atoms with Crippen molar-refractivity contribution >= 4 is 11.6 Å². The summed E-state index contributed by atoms with van der Waals surface area (Å²) in [5.74, 6) is 1.12. The SMILES string of the molecule is CC(=O)[C@@H](N)CCN(CCCCc1ccc2c(n1)NCCC2)CCOC1C=CC=CN1. The number of aryl methyl sites for hydroxylation is 2. The first kappa shape index (κ1) is 23.4. The lowest BCUT2D eigenvalue weighted by Gasteiger charge is -2.25. The third-order valence-corrected chi connectivity index (χ3v) is 5.85. The monoisotopic (exact) mass is 427 g/mol. The predicted octanol–water partition coefficient (Wildman–Crippen LogP) is 2.39. The van der Waals surface area contributed by atoms with Crippen molar-refractivity contribution in [1.82, 2.24) is 15.2 Å². The molecule has 170 valence electrons. The van der Waals surface area contributed by atoms with E-state index in [-0.39, 0.29) is 18.1 Å². The molecule has 3 heterocycles. The highest BCUT2D eigenvalue weighted by Gasteiger charge is 2.13. The van der Waals surface area contributed by atoms with Gasteiger partial charge in [-0.2, -0.15) is 0 Å². The standard InChI is InChI=1S/C24H37N5O2/c1-19(30)22(25)12-16-29(17-18-31-23-9-2-4-13-26-23)15-5-3-8-21-11-10-20-7-6-14-27-24(20)28-21/h2,4,9-11,13,22-23,26H,3,5-8,12,14-18,25H2,1H3,(H,27,28)/t22-,23?/m0/s1. The smallest absolute Gasteiger partial charge is 0.146 e. The summed E-state index contributed by atoms with van der Waals surface area (Å²) in [4.78, 5) is 18.6. The number of rotatable bonds is 13. The van der Waals surface area contributed by atoms with Gasteiger partial charge >= 0.3 is 0 Å². The molecule has 3 rings (SSSR count). The topological polar surface area (TPSA) is 92.5 Å². The van der Waals surface area contributed by atoms with Crippen molar-refractivity contribution in [1.29, 1.82) is 0 Å². The molecule has 0 aromatic carbocycles. The van der Waals surface area contributed by atoms with Crippen molar-refractivity contribution in [3.05, 3.63) is 47.8 Å². The molecule has 31 heavy (non-hydrogen) atoms. The molecule has 0 spiro atoms. The fraction of sp³-hybridized carbons (Fsp3) is 0.583. The first-order valence-electron chi connectivity index (χ1n) is 11.5. The third kappa shape index (κ3) is 8.09. The maximum atomic E-state index is 11.5. The number of unbranched alkanes of at least 4 members (excludes halogenated alkanes) is 1. The number of Topliss-reactive ketones (excluding diaryl/α,β-unsaturated/α-hetero) is 1. The van der Waals surface area contributed by atoms with Crippen LogP contribution in [0.4, 0.5) is 5.82 Å². The Balaban J connectivity index is 1.41. The van der Waals surface area contributed by atoms with Crippen LogP contribution in [0.5, 0.6) is 0 Å². The summed E-state index contributed by atoms with van der Waals surface area (Å²) in [5, 5.41) is 6.58. The number of ketones is 1. The molecule has 0 bridgehead atoms. The highest BCUT2D eigenvalue weighted by molar-refractivity contribution is 5.81. The molecule has 0 saturated heterocycles. The molecule has 0 fully saturated rings. The summed E-state index contributed by atoms with van der Waals surface area (Å²) in [6.07, 6.45) is 13.9. The summed E-state index contributed by atoms with van der Waals surface area (Å²) in [6.45, 7) is 5.80. The van der Waals surface area contributed by atoms with Gasteiger partial charge in [-0.1, -0.05) is 12.1 Å². The van der Waals surface area contributed by atoms with Crippen molar-refractivity contribution in [2.45, 2.75) is 57.7 Å². The number of carbonyl (C=O) groups is 1. The van der Waals surface area contributed by atoms with E-state index in [1.54, 1.807) is 6.92 Å². The van der Waals surface area contributed by atoms with E-state index in [1.807, 2.05) is 24.4 Å². The first-order chi connectivity index (χ1) is 15.1. The molecule has 2 aliphatic heterocycles. The third-order valence-electron chi connectivity index (χ3n) is 5.85. The summed E-state index contributed by atoms with van der Waals surface area (Å²) < 4.78 is 5.89. The number of anilines is 1. The van der Waals surface area contributed by atoms with Crippen LogP contribution >= 0.6 is 0 Å².